The molecule has 0 aliphatic rings. The first-order chi connectivity index (χ1) is 7.24. The predicted molar refractivity (Wildman–Crippen MR) is 65.0 cm³/mol. The summed E-state index contributed by atoms with van der Waals surface area (Å²) in [6, 6.07) is 0. The Balaban J connectivity index is 3.55. The normalized spacial score (nSPS) is 15.2. The summed E-state index contributed by atoms with van der Waals surface area (Å²) in [5, 5.41) is 9.80. The van der Waals surface area contributed by atoms with Crippen molar-refractivity contribution >= 4 is 0 Å². The van der Waals surface area contributed by atoms with E-state index in [9.17, 15) is 5.11 Å². The van der Waals surface area contributed by atoms with Crippen molar-refractivity contribution in [3.05, 3.63) is 0 Å². The van der Waals surface area contributed by atoms with E-state index in [0.29, 0.717) is 12.5 Å². The molecule has 0 rings (SSSR count). The van der Waals surface area contributed by atoms with Crippen molar-refractivity contribution in [2.45, 2.75) is 65.4 Å². The molecular formula is C13H28O2. The lowest BCUT2D eigenvalue weighted by Gasteiger charge is -2.18. The predicted octanol–water partition coefficient (Wildman–Crippen LogP) is 3.38. The minimum atomic E-state index is -0.168. The van der Waals surface area contributed by atoms with E-state index in [0.717, 1.165) is 19.4 Å². The third kappa shape index (κ3) is 8.88. The maximum absolute atomic E-state index is 9.80. The lowest BCUT2D eigenvalue weighted by atomic mass is 9.92. The SMILES string of the molecule is CCCCC(CC)CC(O)CCOCC. The molecule has 0 aliphatic heterocycles. The number of hydrogen-bond acceptors (Lipinski definition) is 2. The highest BCUT2D eigenvalue weighted by atomic mass is 16.5. The van der Waals surface area contributed by atoms with E-state index < -0.39 is 0 Å². The van der Waals surface area contributed by atoms with E-state index in [2.05, 4.69) is 13.8 Å². The Bertz CT molecular complexity index is 126. The van der Waals surface area contributed by atoms with E-state index >= 15 is 0 Å². The van der Waals surface area contributed by atoms with Gasteiger partial charge < -0.3 is 9.84 Å². The van der Waals surface area contributed by atoms with Crippen LogP contribution in [0.2, 0.25) is 0 Å². The Morgan fingerprint density at radius 2 is 1.87 bits per heavy atom. The second-order valence-electron chi connectivity index (χ2n) is 4.29. The van der Waals surface area contributed by atoms with Crippen LogP contribution in [0.15, 0.2) is 0 Å². The molecule has 92 valence electrons. The fourth-order valence-electron chi connectivity index (χ4n) is 1.85. The van der Waals surface area contributed by atoms with Crippen molar-refractivity contribution in [3.63, 3.8) is 0 Å². The third-order valence-electron chi connectivity index (χ3n) is 2.95. The molecule has 0 saturated carbocycles. The van der Waals surface area contributed by atoms with E-state index in [1.165, 1.54) is 25.7 Å². The first-order valence-electron chi connectivity index (χ1n) is 6.50. The largest absolute Gasteiger partial charge is 0.393 e. The molecule has 0 heterocycles. The Morgan fingerprint density at radius 1 is 1.13 bits per heavy atom. The molecule has 1 N–H and O–H groups in total. The lowest BCUT2D eigenvalue weighted by Crippen LogP contribution is -2.15. The van der Waals surface area contributed by atoms with Gasteiger partial charge in [0, 0.05) is 13.2 Å². The zero-order valence-corrected chi connectivity index (χ0v) is 10.7. The van der Waals surface area contributed by atoms with Crippen LogP contribution in [0, 0.1) is 5.92 Å². The van der Waals surface area contributed by atoms with E-state index in [1.54, 1.807) is 0 Å². The highest BCUT2D eigenvalue weighted by Gasteiger charge is 2.12. The van der Waals surface area contributed by atoms with E-state index in [-0.39, 0.29) is 6.10 Å². The van der Waals surface area contributed by atoms with Gasteiger partial charge in [-0.05, 0) is 25.7 Å². The molecule has 2 nitrogen and oxygen atoms in total. The van der Waals surface area contributed by atoms with Gasteiger partial charge >= 0.3 is 0 Å². The van der Waals surface area contributed by atoms with Crippen LogP contribution in [-0.2, 0) is 4.74 Å². The van der Waals surface area contributed by atoms with Gasteiger partial charge in [0.05, 0.1) is 6.10 Å². The van der Waals surface area contributed by atoms with Crippen molar-refractivity contribution in [2.24, 2.45) is 5.92 Å². The molecule has 0 spiro atoms. The highest BCUT2D eigenvalue weighted by Crippen LogP contribution is 2.19. The Morgan fingerprint density at radius 3 is 2.40 bits per heavy atom. The van der Waals surface area contributed by atoms with Crippen LogP contribution in [-0.4, -0.2) is 24.4 Å². The molecular weight excluding hydrogens is 188 g/mol. The van der Waals surface area contributed by atoms with Crippen molar-refractivity contribution in [3.8, 4) is 0 Å². The molecule has 2 heteroatoms. The quantitative estimate of drug-likeness (QED) is 0.567. The molecule has 0 amide bonds. The van der Waals surface area contributed by atoms with Crippen LogP contribution in [0.5, 0.6) is 0 Å². The zero-order chi connectivity index (χ0) is 11.5. The summed E-state index contributed by atoms with van der Waals surface area (Å²) in [6.45, 7) is 7.87. The summed E-state index contributed by atoms with van der Waals surface area (Å²) < 4.78 is 5.24. The maximum Gasteiger partial charge on any atom is 0.0564 e. The van der Waals surface area contributed by atoms with Crippen molar-refractivity contribution in [2.75, 3.05) is 13.2 Å². The smallest absolute Gasteiger partial charge is 0.0564 e. The molecule has 0 fully saturated rings. The van der Waals surface area contributed by atoms with Gasteiger partial charge in [0.25, 0.3) is 0 Å². The number of rotatable bonds is 10. The first-order valence-corrected chi connectivity index (χ1v) is 6.50. The lowest BCUT2D eigenvalue weighted by molar-refractivity contribution is 0.0732. The average Bonchev–Trinajstić information content (AvgIpc) is 2.24. The number of aliphatic hydroxyl groups excluding tert-OH is 1. The Hall–Kier alpha value is -0.0800. The molecule has 15 heavy (non-hydrogen) atoms. The van der Waals surface area contributed by atoms with Crippen LogP contribution >= 0.6 is 0 Å². The molecule has 0 bridgehead atoms. The second kappa shape index (κ2) is 10.4. The fourth-order valence-corrected chi connectivity index (χ4v) is 1.85. The molecule has 0 aromatic carbocycles. The maximum atomic E-state index is 9.80. The van der Waals surface area contributed by atoms with Gasteiger partial charge in [-0.2, -0.15) is 0 Å². The summed E-state index contributed by atoms with van der Waals surface area (Å²) >= 11 is 0. The van der Waals surface area contributed by atoms with Crippen LogP contribution in [0.4, 0.5) is 0 Å². The van der Waals surface area contributed by atoms with E-state index in [4.69, 9.17) is 4.74 Å². The summed E-state index contributed by atoms with van der Waals surface area (Å²) in [4.78, 5) is 0. The van der Waals surface area contributed by atoms with Gasteiger partial charge in [-0.3, -0.25) is 0 Å². The van der Waals surface area contributed by atoms with Gasteiger partial charge in [0.1, 0.15) is 0 Å². The van der Waals surface area contributed by atoms with Gasteiger partial charge in [-0.1, -0.05) is 39.5 Å². The number of ether oxygens (including phenoxy) is 1. The van der Waals surface area contributed by atoms with Gasteiger partial charge in [-0.25, -0.2) is 0 Å². The van der Waals surface area contributed by atoms with Crippen LogP contribution in [0.1, 0.15) is 59.3 Å². The third-order valence-corrected chi connectivity index (χ3v) is 2.95. The topological polar surface area (TPSA) is 29.5 Å². The summed E-state index contributed by atoms with van der Waals surface area (Å²) in [6.07, 6.45) is 6.56. The standard InChI is InChI=1S/C13H28O2/c1-4-7-8-12(5-2)11-13(14)9-10-15-6-3/h12-14H,4-11H2,1-3H3. The van der Waals surface area contributed by atoms with Crippen molar-refractivity contribution in [1.82, 2.24) is 0 Å². The summed E-state index contributed by atoms with van der Waals surface area (Å²) in [5.74, 6) is 0.696. The van der Waals surface area contributed by atoms with Crippen LogP contribution < -0.4 is 0 Å². The monoisotopic (exact) mass is 216 g/mol. The van der Waals surface area contributed by atoms with Crippen LogP contribution in [0.3, 0.4) is 0 Å². The van der Waals surface area contributed by atoms with Crippen molar-refractivity contribution < 1.29 is 9.84 Å². The zero-order valence-electron chi connectivity index (χ0n) is 10.7. The number of hydrogen-bond donors (Lipinski definition) is 1. The fraction of sp³-hybridized carbons (Fsp3) is 1.00. The molecule has 0 saturated heterocycles. The van der Waals surface area contributed by atoms with Crippen LogP contribution in [0.25, 0.3) is 0 Å². The highest BCUT2D eigenvalue weighted by molar-refractivity contribution is 4.64. The number of aliphatic hydroxyl groups is 1. The number of unbranched alkanes of at least 4 members (excludes halogenated alkanes) is 1. The minimum Gasteiger partial charge on any atom is -0.393 e. The van der Waals surface area contributed by atoms with Gasteiger partial charge in [0.2, 0.25) is 0 Å². The Kier molecular flexibility index (Phi) is 10.4. The summed E-state index contributed by atoms with van der Waals surface area (Å²) in [7, 11) is 0. The molecule has 0 aliphatic carbocycles. The molecule has 0 aromatic rings. The van der Waals surface area contributed by atoms with Gasteiger partial charge in [0.15, 0.2) is 0 Å². The van der Waals surface area contributed by atoms with E-state index in [1.807, 2.05) is 6.92 Å². The van der Waals surface area contributed by atoms with Crippen molar-refractivity contribution in [1.29, 1.82) is 0 Å². The Labute approximate surface area is 95.0 Å². The first kappa shape index (κ1) is 14.9. The molecule has 2 atom stereocenters. The summed E-state index contributed by atoms with van der Waals surface area (Å²) in [5.41, 5.74) is 0. The minimum absolute atomic E-state index is 0.168. The average molecular weight is 216 g/mol. The van der Waals surface area contributed by atoms with Gasteiger partial charge in [-0.15, -0.1) is 0 Å². The molecule has 0 aromatic heterocycles. The second-order valence-corrected chi connectivity index (χ2v) is 4.29. The molecule has 2 unspecified atom stereocenters. The molecule has 0 radical (unpaired) electrons.